The van der Waals surface area contributed by atoms with Gasteiger partial charge in [0.25, 0.3) is 0 Å². The Morgan fingerprint density at radius 1 is 1.67 bits per heavy atom. The van der Waals surface area contributed by atoms with Gasteiger partial charge in [-0.3, -0.25) is 0 Å². The van der Waals surface area contributed by atoms with Crippen LogP contribution < -0.4 is 0 Å². The van der Waals surface area contributed by atoms with Crippen molar-refractivity contribution >= 4 is 0 Å². The topological polar surface area (TPSA) is 48.8 Å². The first-order valence-electron chi connectivity index (χ1n) is 2.47. The van der Waals surface area contributed by atoms with Crippen LogP contribution >= 0.6 is 0 Å². The van der Waals surface area contributed by atoms with Gasteiger partial charge in [-0.05, 0) is 5.53 Å². The Balaban J connectivity index is 3.49. The average molecular weight is 135 g/mol. The van der Waals surface area contributed by atoms with Gasteiger partial charge in [0.05, 0.1) is 0 Å². The number of nitrogens with zero attached hydrogens (tertiary/aromatic N) is 3. The molecule has 0 aliphatic rings. The van der Waals surface area contributed by atoms with Gasteiger partial charge in [-0.15, -0.1) is 0 Å². The molecule has 5 heteroatoms. The zero-order valence-corrected chi connectivity index (χ0v) is 4.96. The summed E-state index contributed by atoms with van der Waals surface area (Å²) in [6.07, 6.45) is -2.39. The normalized spacial score (nSPS) is 12.9. The molecule has 52 valence electrons. The second-order valence-corrected chi connectivity index (χ2v) is 1.73. The van der Waals surface area contributed by atoms with Crippen molar-refractivity contribution in [2.24, 2.45) is 11.0 Å². The van der Waals surface area contributed by atoms with Crippen molar-refractivity contribution in [2.45, 2.75) is 13.3 Å². The molecule has 0 bridgehead atoms. The van der Waals surface area contributed by atoms with Crippen LogP contribution in [0.15, 0.2) is 5.11 Å². The summed E-state index contributed by atoms with van der Waals surface area (Å²) in [5.74, 6) is -0.833. The van der Waals surface area contributed by atoms with E-state index in [2.05, 4.69) is 10.0 Å². The molecule has 0 aliphatic carbocycles. The molecule has 0 radical (unpaired) electrons. The van der Waals surface area contributed by atoms with Gasteiger partial charge in [-0.1, -0.05) is 12.0 Å². The second-order valence-electron chi connectivity index (χ2n) is 1.73. The second kappa shape index (κ2) is 4.09. The summed E-state index contributed by atoms with van der Waals surface area (Å²) in [7, 11) is 0. The molecule has 0 aromatic carbocycles. The molecule has 3 nitrogen and oxygen atoms in total. The van der Waals surface area contributed by atoms with E-state index in [9.17, 15) is 8.78 Å². The van der Waals surface area contributed by atoms with Gasteiger partial charge in [-0.2, -0.15) is 0 Å². The van der Waals surface area contributed by atoms with E-state index in [0.29, 0.717) is 0 Å². The Morgan fingerprint density at radius 2 is 2.22 bits per heavy atom. The third kappa shape index (κ3) is 3.73. The number of hydrogen-bond donors (Lipinski definition) is 0. The Hall–Kier alpha value is -0.830. The lowest BCUT2D eigenvalue weighted by molar-refractivity contribution is 0.0906. The molecule has 0 fully saturated rings. The largest absolute Gasteiger partial charge is 0.241 e. The fourth-order valence-corrected chi connectivity index (χ4v) is 0.245. The molecule has 0 aromatic heterocycles. The van der Waals surface area contributed by atoms with Crippen LogP contribution in [0.5, 0.6) is 0 Å². The van der Waals surface area contributed by atoms with E-state index in [1.54, 1.807) is 0 Å². The minimum Gasteiger partial charge on any atom is -0.210 e. The van der Waals surface area contributed by atoms with Crippen molar-refractivity contribution in [3.05, 3.63) is 10.4 Å². The van der Waals surface area contributed by atoms with E-state index in [4.69, 9.17) is 5.53 Å². The molecule has 0 heterocycles. The molecule has 9 heavy (non-hydrogen) atoms. The van der Waals surface area contributed by atoms with Crippen molar-refractivity contribution in [1.82, 2.24) is 0 Å². The first kappa shape index (κ1) is 8.17. The molecular formula is C4H7F2N3. The van der Waals surface area contributed by atoms with Gasteiger partial charge >= 0.3 is 0 Å². The van der Waals surface area contributed by atoms with E-state index in [1.165, 1.54) is 6.92 Å². The van der Waals surface area contributed by atoms with Crippen molar-refractivity contribution in [1.29, 1.82) is 0 Å². The summed E-state index contributed by atoms with van der Waals surface area (Å²) >= 11 is 0. The summed E-state index contributed by atoms with van der Waals surface area (Å²) in [4.78, 5) is 2.35. The summed E-state index contributed by atoms with van der Waals surface area (Å²) in [6.45, 7) is 1.20. The summed E-state index contributed by atoms with van der Waals surface area (Å²) < 4.78 is 23.1. The molecule has 0 rings (SSSR count). The van der Waals surface area contributed by atoms with Crippen LogP contribution in [0.2, 0.25) is 0 Å². The number of hydrogen-bond acceptors (Lipinski definition) is 1. The lowest BCUT2D eigenvalue weighted by Crippen LogP contribution is -2.09. The minimum atomic E-state index is -2.39. The molecule has 0 amide bonds. The molecule has 0 saturated heterocycles. The quantitative estimate of drug-likeness (QED) is 0.323. The summed E-state index contributed by atoms with van der Waals surface area (Å²) in [5.41, 5.74) is 7.71. The van der Waals surface area contributed by atoms with Crippen molar-refractivity contribution in [2.75, 3.05) is 6.54 Å². The van der Waals surface area contributed by atoms with Gasteiger partial charge < -0.3 is 0 Å². The highest BCUT2D eigenvalue weighted by Gasteiger charge is 2.12. The van der Waals surface area contributed by atoms with Gasteiger partial charge in [0, 0.05) is 17.4 Å². The SMILES string of the molecule is CC(CN=[N+]=[N-])C(F)F. The number of rotatable bonds is 3. The minimum absolute atomic E-state index is 0.131. The fraction of sp³-hybridized carbons (Fsp3) is 1.00. The molecule has 0 N–H and O–H groups in total. The van der Waals surface area contributed by atoms with Gasteiger partial charge in [0.15, 0.2) is 0 Å². The van der Waals surface area contributed by atoms with Crippen molar-refractivity contribution in [3.63, 3.8) is 0 Å². The summed E-state index contributed by atoms with van der Waals surface area (Å²) in [5, 5.41) is 2.99. The van der Waals surface area contributed by atoms with Crippen LogP contribution in [0.4, 0.5) is 8.78 Å². The number of halogens is 2. The Labute approximate surface area is 51.3 Å². The summed E-state index contributed by atoms with van der Waals surface area (Å²) in [6, 6.07) is 0. The third-order valence-electron chi connectivity index (χ3n) is 0.863. The average Bonchev–Trinajstić information content (AvgIpc) is 1.82. The van der Waals surface area contributed by atoms with Crippen LogP contribution in [0.1, 0.15) is 6.92 Å². The van der Waals surface area contributed by atoms with Crippen molar-refractivity contribution in [3.8, 4) is 0 Å². The fourth-order valence-electron chi connectivity index (χ4n) is 0.245. The standard InChI is InChI=1S/C4H7F2N3/c1-3(4(5)6)2-8-9-7/h3-4H,2H2,1H3. The molecule has 0 saturated carbocycles. The molecule has 0 spiro atoms. The maximum absolute atomic E-state index is 11.6. The molecule has 1 atom stereocenters. The van der Waals surface area contributed by atoms with Crippen LogP contribution in [-0.4, -0.2) is 13.0 Å². The zero-order valence-electron chi connectivity index (χ0n) is 4.96. The van der Waals surface area contributed by atoms with Crippen LogP contribution in [0.3, 0.4) is 0 Å². The predicted molar refractivity (Wildman–Crippen MR) is 29.2 cm³/mol. The third-order valence-corrected chi connectivity index (χ3v) is 0.863. The number of alkyl halides is 2. The van der Waals surface area contributed by atoms with E-state index >= 15 is 0 Å². The molecule has 0 aliphatic heterocycles. The zero-order chi connectivity index (χ0) is 7.28. The van der Waals surface area contributed by atoms with Gasteiger partial charge in [-0.25, -0.2) is 8.78 Å². The Bertz CT molecular complexity index is 119. The van der Waals surface area contributed by atoms with E-state index in [-0.39, 0.29) is 6.54 Å². The Kier molecular flexibility index (Phi) is 3.71. The van der Waals surface area contributed by atoms with E-state index in [1.807, 2.05) is 0 Å². The van der Waals surface area contributed by atoms with Gasteiger partial charge in [0.2, 0.25) is 6.43 Å². The van der Waals surface area contributed by atoms with Crippen LogP contribution in [-0.2, 0) is 0 Å². The highest BCUT2D eigenvalue weighted by Crippen LogP contribution is 2.08. The van der Waals surface area contributed by atoms with Gasteiger partial charge in [0.1, 0.15) is 0 Å². The molecular weight excluding hydrogens is 128 g/mol. The lowest BCUT2D eigenvalue weighted by atomic mass is 10.2. The maximum atomic E-state index is 11.6. The maximum Gasteiger partial charge on any atom is 0.241 e. The van der Waals surface area contributed by atoms with E-state index in [0.717, 1.165) is 0 Å². The monoisotopic (exact) mass is 135 g/mol. The van der Waals surface area contributed by atoms with Crippen LogP contribution in [0, 0.1) is 5.92 Å². The van der Waals surface area contributed by atoms with E-state index < -0.39 is 12.3 Å². The lowest BCUT2D eigenvalue weighted by Gasteiger charge is -2.03. The molecule has 0 aromatic rings. The van der Waals surface area contributed by atoms with Crippen molar-refractivity contribution < 1.29 is 8.78 Å². The highest BCUT2D eigenvalue weighted by molar-refractivity contribution is 4.58. The predicted octanol–water partition coefficient (Wildman–Crippen LogP) is 2.20. The highest BCUT2D eigenvalue weighted by atomic mass is 19.3. The number of azide groups is 1. The smallest absolute Gasteiger partial charge is 0.210 e. The molecule has 1 unspecified atom stereocenters. The Morgan fingerprint density at radius 3 is 2.56 bits per heavy atom. The first-order valence-corrected chi connectivity index (χ1v) is 2.47. The first-order chi connectivity index (χ1) is 4.18. The van der Waals surface area contributed by atoms with Crippen LogP contribution in [0.25, 0.3) is 10.4 Å².